The maximum absolute atomic E-state index is 2.91. The molecule has 0 unspecified atom stereocenters. The standard InChI is InChI=1S/C4H9I7Si3/c1-4(2,3)12(5,13(6,7)8)14(9,10)11/h1-3H3. The van der Waals surface area contributed by atoms with E-state index in [0.29, 0.717) is 5.04 Å². The van der Waals surface area contributed by atoms with E-state index >= 15 is 0 Å². The summed E-state index contributed by atoms with van der Waals surface area (Å²) in [5, 5.41) is 0.527. The number of rotatable bonds is 2. The molecule has 0 saturated carbocycles. The topological polar surface area (TPSA) is 0 Å². The Bertz CT molecular complexity index is 174. The minimum absolute atomic E-state index is 0.527. The lowest BCUT2D eigenvalue weighted by atomic mass is 10.3. The number of hydrogen-bond acceptors (Lipinski definition) is 0. The molecule has 0 atom stereocenters. The molecular weight excluding hydrogens is 1020 g/mol. The summed E-state index contributed by atoms with van der Waals surface area (Å²) in [6.07, 6.45) is 0. The summed E-state index contributed by atoms with van der Waals surface area (Å²) in [6, 6.07) is 0. The van der Waals surface area contributed by atoms with Gasteiger partial charge in [-0.15, -0.1) is 21.8 Å². The van der Waals surface area contributed by atoms with Gasteiger partial charge in [-0.05, 0) is 5.04 Å². The van der Waals surface area contributed by atoms with Gasteiger partial charge >= 0.3 is 0 Å². The van der Waals surface area contributed by atoms with Gasteiger partial charge in [0.1, 0.15) is 0 Å². The van der Waals surface area contributed by atoms with Gasteiger partial charge in [-0.25, -0.2) is 0 Å². The quantitative estimate of drug-likeness (QED) is 0.162. The summed E-state index contributed by atoms with van der Waals surface area (Å²) >= 11 is 19.7. The smallest absolute Gasteiger partial charge is 0.119 e. The van der Waals surface area contributed by atoms with Crippen molar-refractivity contribution in [2.24, 2.45) is 0 Å². The average molecular weight is 1030 g/mol. The lowest BCUT2D eigenvalue weighted by Gasteiger charge is -2.46. The molecule has 0 rings (SSSR count). The molecule has 0 nitrogen and oxygen atoms in total. The summed E-state index contributed by atoms with van der Waals surface area (Å²) in [5.74, 6) is 0. The fourth-order valence-electron chi connectivity index (χ4n) is 1.01. The van der Waals surface area contributed by atoms with Gasteiger partial charge in [-0.2, -0.15) is 0 Å². The van der Waals surface area contributed by atoms with Gasteiger partial charge < -0.3 is 0 Å². The zero-order valence-electron chi connectivity index (χ0n) is 7.65. The molecule has 0 spiro atoms. The van der Waals surface area contributed by atoms with Gasteiger partial charge in [0.25, 0.3) is 0.163 Å². The van der Waals surface area contributed by atoms with Crippen LogP contribution in [0.3, 0.4) is 0 Å². The zero-order chi connectivity index (χ0) is 12.0. The molecule has 0 radical (unpaired) electrons. The van der Waals surface area contributed by atoms with Gasteiger partial charge in [0, 0.05) is 0 Å². The minimum atomic E-state index is -1.19. The van der Waals surface area contributed by atoms with Crippen LogP contribution in [0.2, 0.25) is 5.04 Å². The van der Waals surface area contributed by atoms with Crippen molar-refractivity contribution in [1.29, 1.82) is 0 Å². The maximum Gasteiger partial charge on any atom is 0.254 e. The predicted octanol–water partition coefficient (Wildman–Crippen LogP) is 6.81. The molecule has 0 bridgehead atoms. The minimum Gasteiger partial charge on any atom is -0.119 e. The first kappa shape index (κ1) is 19.8. The SMILES string of the molecule is CC(C)(C)[Si](I)([Si](I)(I)I)[Si](I)(I)I. The van der Waals surface area contributed by atoms with Gasteiger partial charge in [0.2, 0.25) is 0 Å². The van der Waals surface area contributed by atoms with Gasteiger partial charge in [-0.1, -0.05) is 152 Å². The molecule has 0 aliphatic heterocycles. The lowest BCUT2D eigenvalue weighted by molar-refractivity contribution is 0.756. The van der Waals surface area contributed by atoms with Crippen LogP contribution in [0.25, 0.3) is 0 Å². The largest absolute Gasteiger partial charge is 0.254 e. The van der Waals surface area contributed by atoms with E-state index in [1.54, 1.807) is 0 Å². The third-order valence-electron chi connectivity index (χ3n) is 1.81. The van der Waals surface area contributed by atoms with Crippen LogP contribution in [0.15, 0.2) is 0 Å². The van der Waals surface area contributed by atoms with E-state index in [1.165, 1.54) is 0 Å². The van der Waals surface area contributed by atoms with Crippen molar-refractivity contribution >= 4 is 157 Å². The van der Waals surface area contributed by atoms with Crippen molar-refractivity contribution in [3.63, 3.8) is 0 Å². The molecule has 0 heterocycles. The molecule has 14 heavy (non-hydrogen) atoms. The molecule has 0 aromatic carbocycles. The fourth-order valence-corrected chi connectivity index (χ4v) is 247. The number of hydrogen-bond donors (Lipinski definition) is 0. The average Bonchev–Trinajstić information content (AvgIpc) is 1.77. The second-order valence-electron chi connectivity index (χ2n) is 3.90. The molecule has 0 aromatic heterocycles. The van der Waals surface area contributed by atoms with E-state index in [1.807, 2.05) is 0 Å². The molecule has 0 fully saturated rings. The van der Waals surface area contributed by atoms with Gasteiger partial charge in [0.05, 0.1) is 0 Å². The van der Waals surface area contributed by atoms with E-state index in [2.05, 4.69) is 173 Å². The Balaban J connectivity index is 5.54. The van der Waals surface area contributed by atoms with Crippen LogP contribution < -0.4 is 0 Å². The van der Waals surface area contributed by atoms with E-state index in [4.69, 9.17) is 0 Å². The van der Waals surface area contributed by atoms with E-state index in [-0.39, 0.29) is 0 Å². The zero-order valence-corrected chi connectivity index (χ0v) is 25.7. The van der Waals surface area contributed by atoms with Crippen molar-refractivity contribution < 1.29 is 0 Å². The molecule has 0 aliphatic carbocycles. The van der Waals surface area contributed by atoms with Gasteiger partial charge in [-0.3, -0.25) is 0 Å². The normalized spacial score (nSPS) is 15.9. The molecular formula is C4H9I7Si3. The third-order valence-corrected chi connectivity index (χ3v) is 168. The van der Waals surface area contributed by atoms with Crippen molar-refractivity contribution in [3.8, 4) is 0 Å². The molecule has 86 valence electrons. The first-order valence-electron chi connectivity index (χ1n) is 3.57. The second-order valence-corrected chi connectivity index (χ2v) is 115. The van der Waals surface area contributed by atoms with E-state index < -0.39 is 4.77 Å². The highest BCUT2D eigenvalue weighted by molar-refractivity contribution is 14.4. The summed E-state index contributed by atoms with van der Waals surface area (Å²) in [6.45, 7) is 7.38. The highest BCUT2D eigenvalue weighted by Crippen LogP contribution is 2.63. The summed E-state index contributed by atoms with van der Waals surface area (Å²) in [5.41, 5.74) is 0. The monoisotopic (exact) mass is 1030 g/mol. The molecule has 10 heteroatoms. The fraction of sp³-hybridized carbons (Fsp3) is 1.00. The maximum atomic E-state index is 2.91. The molecule has 0 amide bonds. The van der Waals surface area contributed by atoms with Crippen LogP contribution in [-0.2, 0) is 0 Å². The van der Waals surface area contributed by atoms with Crippen molar-refractivity contribution in [1.82, 2.24) is 0 Å². The second kappa shape index (κ2) is 6.68. The Hall–Kier alpha value is 5.76. The molecule has 0 saturated heterocycles. The van der Waals surface area contributed by atoms with Crippen molar-refractivity contribution in [3.05, 3.63) is 0 Å². The summed E-state index contributed by atoms with van der Waals surface area (Å²) in [4.78, 5) is 0. The highest BCUT2D eigenvalue weighted by Gasteiger charge is 2.68. The first-order chi connectivity index (χ1) is 5.75. The van der Waals surface area contributed by atoms with Crippen LogP contribution in [0.4, 0.5) is 0 Å². The molecule has 0 aliphatic rings. The van der Waals surface area contributed by atoms with E-state index in [0.717, 1.165) is 0 Å². The third kappa shape index (κ3) is 4.65. The van der Waals surface area contributed by atoms with Crippen LogP contribution in [0.5, 0.6) is 0 Å². The number of halogens is 7. The Morgan fingerprint density at radius 2 is 0.857 bits per heavy atom. The van der Waals surface area contributed by atoms with Crippen LogP contribution in [0.1, 0.15) is 20.8 Å². The van der Waals surface area contributed by atoms with Crippen LogP contribution in [-0.4, -0.2) is 4.77 Å². The van der Waals surface area contributed by atoms with Crippen molar-refractivity contribution in [2.75, 3.05) is 0 Å². The van der Waals surface area contributed by atoms with Crippen LogP contribution >= 0.6 is 153 Å². The van der Waals surface area contributed by atoms with Crippen molar-refractivity contribution in [2.45, 2.75) is 25.8 Å². The predicted molar refractivity (Wildman–Crippen MR) is 135 cm³/mol. The summed E-state index contributed by atoms with van der Waals surface area (Å²) in [7, 11) is 0. The lowest BCUT2D eigenvalue weighted by Crippen LogP contribution is -2.64. The Morgan fingerprint density at radius 3 is 0.857 bits per heavy atom. The first-order valence-corrected chi connectivity index (χ1v) is 33.4. The molecule has 0 N–H and O–H groups in total. The molecule has 0 aromatic rings. The summed E-state index contributed by atoms with van der Waals surface area (Å²) < 4.78 is -3.40. The van der Waals surface area contributed by atoms with Gasteiger partial charge in [0.15, 0.2) is 4.61 Å². The van der Waals surface area contributed by atoms with E-state index in [9.17, 15) is 0 Å². The Kier molecular flexibility index (Phi) is 9.43. The van der Waals surface area contributed by atoms with Crippen LogP contribution in [0, 0.1) is 0 Å². The Morgan fingerprint density at radius 1 is 0.643 bits per heavy atom. The highest BCUT2D eigenvalue weighted by atomic mass is 127. The Labute approximate surface area is 178 Å².